The number of pyridine rings is 1. The number of benzene rings is 1. The molecule has 0 saturated carbocycles. The van der Waals surface area contributed by atoms with Crippen molar-refractivity contribution >= 4 is 45.8 Å². The second-order valence-corrected chi connectivity index (χ2v) is 8.97. The molecular weight excluding hydrogens is 548 g/mol. The van der Waals surface area contributed by atoms with Crippen molar-refractivity contribution in [3.8, 4) is 17.1 Å². The van der Waals surface area contributed by atoms with Crippen LogP contribution >= 0.6 is 34.2 Å². The number of piperazine rings is 1. The molecule has 0 spiro atoms. The van der Waals surface area contributed by atoms with Gasteiger partial charge in [-0.2, -0.15) is 5.10 Å². The number of hydrogen-bond acceptors (Lipinski definition) is 5. The Bertz CT molecular complexity index is 1130. The molecule has 4 rings (SSSR count). The number of nitrogens with zero attached hydrogens (tertiary/aromatic N) is 5. The summed E-state index contributed by atoms with van der Waals surface area (Å²) in [7, 11) is 1.57. The fraction of sp³-hybridized carbons (Fsp3) is 0.318. The first kappa shape index (κ1) is 22.8. The molecule has 1 saturated heterocycles. The zero-order chi connectivity index (χ0) is 22.8. The van der Waals surface area contributed by atoms with E-state index in [1.165, 1.54) is 6.07 Å². The Morgan fingerprint density at radius 2 is 2.00 bits per heavy atom. The standard InChI is InChI=1S/C22H22ClFIN5O2/c1-14-21(23)22(17-5-3-4-6-26-17)27-30(14)13-20(31)29-9-7-28(8-10-29)18-12-19(32-2)16(25)11-15(18)24/h3-6,11-12H,7-10,13H2,1-2H3. The molecule has 0 radical (unpaired) electrons. The highest BCUT2D eigenvalue weighted by Gasteiger charge is 2.25. The minimum atomic E-state index is -0.293. The van der Waals surface area contributed by atoms with Crippen molar-refractivity contribution in [1.82, 2.24) is 19.7 Å². The van der Waals surface area contributed by atoms with Crippen LogP contribution in [0, 0.1) is 16.3 Å². The van der Waals surface area contributed by atoms with Crippen molar-refractivity contribution in [2.45, 2.75) is 13.5 Å². The molecule has 2 aromatic heterocycles. The Morgan fingerprint density at radius 3 is 2.66 bits per heavy atom. The summed E-state index contributed by atoms with van der Waals surface area (Å²) in [5, 5.41) is 5.01. The molecule has 1 aliphatic rings. The molecule has 7 nitrogen and oxygen atoms in total. The van der Waals surface area contributed by atoms with Gasteiger partial charge in [0.15, 0.2) is 0 Å². The fourth-order valence-corrected chi connectivity index (χ4v) is 4.57. The Kier molecular flexibility index (Phi) is 6.85. The lowest BCUT2D eigenvalue weighted by molar-refractivity contribution is -0.132. The topological polar surface area (TPSA) is 63.5 Å². The van der Waals surface area contributed by atoms with Crippen molar-refractivity contribution in [2.75, 3.05) is 38.2 Å². The van der Waals surface area contributed by atoms with Gasteiger partial charge in [-0.05, 0) is 47.7 Å². The van der Waals surface area contributed by atoms with E-state index in [1.54, 1.807) is 29.0 Å². The molecule has 1 aliphatic heterocycles. The van der Waals surface area contributed by atoms with Gasteiger partial charge < -0.3 is 14.5 Å². The van der Waals surface area contributed by atoms with Crippen LogP contribution in [0.2, 0.25) is 5.02 Å². The van der Waals surface area contributed by atoms with E-state index < -0.39 is 0 Å². The molecule has 1 fully saturated rings. The number of aromatic nitrogens is 3. The number of anilines is 1. The predicted octanol–water partition coefficient (Wildman–Crippen LogP) is 4.01. The molecule has 0 N–H and O–H groups in total. The number of methoxy groups -OCH3 is 1. The molecule has 0 unspecified atom stereocenters. The molecule has 1 aromatic carbocycles. The van der Waals surface area contributed by atoms with Gasteiger partial charge in [0.1, 0.15) is 23.8 Å². The Labute approximate surface area is 204 Å². The first-order chi connectivity index (χ1) is 15.4. The van der Waals surface area contributed by atoms with Crippen LogP contribution in [0.1, 0.15) is 5.69 Å². The van der Waals surface area contributed by atoms with Crippen LogP contribution in [0.15, 0.2) is 36.5 Å². The summed E-state index contributed by atoms with van der Waals surface area (Å²) in [6.07, 6.45) is 1.68. The van der Waals surface area contributed by atoms with Crippen LogP contribution in [0.25, 0.3) is 11.4 Å². The van der Waals surface area contributed by atoms with E-state index in [0.29, 0.717) is 59.7 Å². The van der Waals surface area contributed by atoms with Gasteiger partial charge >= 0.3 is 0 Å². The van der Waals surface area contributed by atoms with E-state index in [1.807, 2.05) is 52.6 Å². The van der Waals surface area contributed by atoms with E-state index in [9.17, 15) is 9.18 Å². The van der Waals surface area contributed by atoms with Gasteiger partial charge in [-0.3, -0.25) is 14.5 Å². The van der Waals surface area contributed by atoms with E-state index >= 15 is 0 Å². The molecule has 0 bridgehead atoms. The largest absolute Gasteiger partial charge is 0.496 e. The molecule has 10 heteroatoms. The number of halogens is 3. The predicted molar refractivity (Wildman–Crippen MR) is 130 cm³/mol. The van der Waals surface area contributed by atoms with Crippen molar-refractivity contribution in [2.24, 2.45) is 0 Å². The summed E-state index contributed by atoms with van der Waals surface area (Å²) in [4.78, 5) is 20.9. The normalized spacial score (nSPS) is 14.0. The highest BCUT2D eigenvalue weighted by atomic mass is 127. The number of rotatable bonds is 5. The van der Waals surface area contributed by atoms with Gasteiger partial charge in [-0.25, -0.2) is 4.39 Å². The number of carbonyl (C=O) groups excluding carboxylic acids is 1. The van der Waals surface area contributed by atoms with Crippen LogP contribution in [0.4, 0.5) is 10.1 Å². The molecule has 0 aliphatic carbocycles. The lowest BCUT2D eigenvalue weighted by atomic mass is 10.2. The SMILES string of the molecule is COc1cc(N2CCN(C(=O)Cn3nc(-c4ccccn4)c(Cl)c3C)CC2)c(F)cc1I. The summed E-state index contributed by atoms with van der Waals surface area (Å²) in [5.74, 6) is 0.286. The van der Waals surface area contributed by atoms with Crippen LogP contribution in [0.3, 0.4) is 0 Å². The van der Waals surface area contributed by atoms with Crippen LogP contribution in [-0.4, -0.2) is 58.9 Å². The summed E-state index contributed by atoms with van der Waals surface area (Å²) < 4.78 is 22.2. The van der Waals surface area contributed by atoms with Gasteiger partial charge in [-0.15, -0.1) is 0 Å². The maximum atomic E-state index is 14.5. The first-order valence-corrected chi connectivity index (χ1v) is 11.5. The minimum absolute atomic E-state index is 0.0554. The smallest absolute Gasteiger partial charge is 0.244 e. The third-order valence-corrected chi connectivity index (χ3v) is 6.82. The average Bonchev–Trinajstić information content (AvgIpc) is 3.08. The average molecular weight is 570 g/mol. The lowest BCUT2D eigenvalue weighted by Crippen LogP contribution is -2.50. The molecular formula is C22H22ClFIN5O2. The van der Waals surface area contributed by atoms with Crippen molar-refractivity contribution in [3.63, 3.8) is 0 Å². The Hall–Kier alpha value is -2.40. The van der Waals surface area contributed by atoms with Crippen LogP contribution in [0.5, 0.6) is 5.75 Å². The lowest BCUT2D eigenvalue weighted by Gasteiger charge is -2.36. The van der Waals surface area contributed by atoms with Gasteiger partial charge in [0.2, 0.25) is 5.91 Å². The quantitative estimate of drug-likeness (QED) is 0.435. The molecule has 3 heterocycles. The third-order valence-electron chi connectivity index (χ3n) is 5.52. The molecule has 1 amide bonds. The van der Waals surface area contributed by atoms with Crippen molar-refractivity contribution in [3.05, 3.63) is 56.6 Å². The van der Waals surface area contributed by atoms with Crippen LogP contribution in [-0.2, 0) is 11.3 Å². The number of amides is 1. The second kappa shape index (κ2) is 9.62. The van der Waals surface area contributed by atoms with E-state index in [2.05, 4.69) is 10.1 Å². The first-order valence-electron chi connectivity index (χ1n) is 10.1. The van der Waals surface area contributed by atoms with E-state index in [0.717, 1.165) is 3.57 Å². The Morgan fingerprint density at radius 1 is 1.25 bits per heavy atom. The Balaban J connectivity index is 1.43. The van der Waals surface area contributed by atoms with Gasteiger partial charge in [0, 0.05) is 38.4 Å². The maximum absolute atomic E-state index is 14.5. The summed E-state index contributed by atoms with van der Waals surface area (Å²) >= 11 is 8.50. The molecule has 168 valence electrons. The number of ether oxygens (including phenoxy) is 1. The highest BCUT2D eigenvalue weighted by Crippen LogP contribution is 2.31. The van der Waals surface area contributed by atoms with E-state index in [-0.39, 0.29) is 18.3 Å². The number of carbonyl (C=O) groups is 1. The minimum Gasteiger partial charge on any atom is -0.496 e. The van der Waals surface area contributed by atoms with Gasteiger partial charge in [0.25, 0.3) is 0 Å². The van der Waals surface area contributed by atoms with Crippen LogP contribution < -0.4 is 9.64 Å². The summed E-state index contributed by atoms with van der Waals surface area (Å²) in [5.41, 5.74) is 2.43. The van der Waals surface area contributed by atoms with Gasteiger partial charge in [0.05, 0.1) is 32.8 Å². The summed E-state index contributed by atoms with van der Waals surface area (Å²) in [6, 6.07) is 8.70. The molecule has 0 atom stereocenters. The summed E-state index contributed by atoms with van der Waals surface area (Å²) in [6.45, 7) is 3.97. The second-order valence-electron chi connectivity index (χ2n) is 7.43. The monoisotopic (exact) mass is 569 g/mol. The fourth-order valence-electron chi connectivity index (χ4n) is 3.69. The van der Waals surface area contributed by atoms with Gasteiger partial charge in [-0.1, -0.05) is 17.7 Å². The third kappa shape index (κ3) is 4.54. The zero-order valence-electron chi connectivity index (χ0n) is 17.7. The van der Waals surface area contributed by atoms with E-state index in [4.69, 9.17) is 16.3 Å². The number of hydrogen-bond donors (Lipinski definition) is 0. The zero-order valence-corrected chi connectivity index (χ0v) is 20.6. The van der Waals surface area contributed by atoms with Crippen molar-refractivity contribution in [1.29, 1.82) is 0 Å². The highest BCUT2D eigenvalue weighted by molar-refractivity contribution is 14.1. The molecule has 32 heavy (non-hydrogen) atoms. The van der Waals surface area contributed by atoms with Crippen molar-refractivity contribution < 1.29 is 13.9 Å². The maximum Gasteiger partial charge on any atom is 0.244 e. The molecule has 3 aromatic rings.